The number of esters is 2. The minimum Gasteiger partial charge on any atom is -0.469 e. The van der Waals surface area contributed by atoms with Crippen LogP contribution in [-0.4, -0.2) is 55.3 Å². The van der Waals surface area contributed by atoms with E-state index in [4.69, 9.17) is 5.11 Å². The summed E-state index contributed by atoms with van der Waals surface area (Å²) in [5.74, 6) is -2.53. The second kappa shape index (κ2) is 5.51. The fourth-order valence-electron chi connectivity index (χ4n) is 1.95. The number of rotatable bonds is 2. The number of carboxylic acid groups (broad SMARTS) is 1. The van der Waals surface area contributed by atoms with Crippen LogP contribution in [-0.2, 0) is 19.1 Å². The third-order valence-electron chi connectivity index (χ3n) is 2.89. The van der Waals surface area contributed by atoms with Gasteiger partial charge in [0.2, 0.25) is 0 Å². The van der Waals surface area contributed by atoms with Crippen molar-refractivity contribution in [3.8, 4) is 0 Å². The van der Waals surface area contributed by atoms with Crippen LogP contribution >= 0.6 is 0 Å². The molecule has 1 saturated heterocycles. The Morgan fingerprint density at radius 1 is 1.12 bits per heavy atom. The highest BCUT2D eigenvalue weighted by molar-refractivity contribution is 5.83. The number of carbonyl (C=O) groups excluding carboxylic acids is 2. The van der Waals surface area contributed by atoms with Gasteiger partial charge in [0.25, 0.3) is 0 Å². The molecule has 0 aromatic heterocycles. The minimum atomic E-state index is -1.11. The van der Waals surface area contributed by atoms with Crippen molar-refractivity contribution in [3.05, 3.63) is 0 Å². The number of amides is 1. The fraction of sp³-hybridized carbons (Fsp3) is 0.700. The van der Waals surface area contributed by atoms with Crippen molar-refractivity contribution in [1.82, 2.24) is 4.90 Å². The summed E-state index contributed by atoms with van der Waals surface area (Å²) in [5, 5.41) is 8.85. The highest BCUT2D eigenvalue weighted by atomic mass is 16.5. The van der Waals surface area contributed by atoms with Gasteiger partial charge in [0.1, 0.15) is 0 Å². The lowest BCUT2D eigenvalue weighted by Gasteiger charge is -2.33. The second-order valence-corrected chi connectivity index (χ2v) is 3.78. The van der Waals surface area contributed by atoms with E-state index in [1.54, 1.807) is 0 Å². The summed E-state index contributed by atoms with van der Waals surface area (Å²) < 4.78 is 9.17. The number of hydrogen-bond acceptors (Lipinski definition) is 5. The van der Waals surface area contributed by atoms with Gasteiger partial charge < -0.3 is 19.5 Å². The lowest BCUT2D eigenvalue weighted by Crippen LogP contribution is -2.48. The number of carbonyl (C=O) groups is 3. The summed E-state index contributed by atoms with van der Waals surface area (Å²) in [7, 11) is 2.44. The standard InChI is InChI=1S/C10H15NO6/c1-16-8(12)6-3-4-11(10(14)15)5-7(6)9(13)17-2/h6-7H,3-5H2,1-2H3,(H,14,15). The Hall–Kier alpha value is -1.79. The molecule has 2 unspecified atom stereocenters. The average Bonchev–Trinajstić information content (AvgIpc) is 2.35. The van der Waals surface area contributed by atoms with Crippen molar-refractivity contribution in [2.24, 2.45) is 11.8 Å². The Balaban J connectivity index is 2.83. The second-order valence-electron chi connectivity index (χ2n) is 3.78. The molecule has 0 aliphatic carbocycles. The van der Waals surface area contributed by atoms with E-state index >= 15 is 0 Å². The number of ether oxygens (including phenoxy) is 2. The van der Waals surface area contributed by atoms with E-state index in [0.29, 0.717) is 0 Å². The van der Waals surface area contributed by atoms with Gasteiger partial charge in [0.15, 0.2) is 0 Å². The van der Waals surface area contributed by atoms with Crippen LogP contribution in [0.4, 0.5) is 4.79 Å². The molecule has 1 heterocycles. The molecular formula is C10H15NO6. The Morgan fingerprint density at radius 2 is 1.65 bits per heavy atom. The summed E-state index contributed by atoms with van der Waals surface area (Å²) in [4.78, 5) is 34.9. The van der Waals surface area contributed by atoms with Crippen molar-refractivity contribution < 1.29 is 29.0 Å². The molecule has 0 aromatic carbocycles. The van der Waals surface area contributed by atoms with Gasteiger partial charge >= 0.3 is 18.0 Å². The topological polar surface area (TPSA) is 93.1 Å². The van der Waals surface area contributed by atoms with Crippen LogP contribution in [0.5, 0.6) is 0 Å². The van der Waals surface area contributed by atoms with Gasteiger partial charge in [0.05, 0.1) is 26.1 Å². The molecule has 0 bridgehead atoms. The van der Waals surface area contributed by atoms with Crippen LogP contribution in [0.3, 0.4) is 0 Å². The molecule has 1 rings (SSSR count). The normalized spacial score (nSPS) is 24.0. The third kappa shape index (κ3) is 2.86. The van der Waals surface area contributed by atoms with E-state index in [0.717, 1.165) is 4.90 Å². The zero-order chi connectivity index (χ0) is 13.0. The molecule has 1 aliphatic rings. The molecule has 0 aromatic rings. The van der Waals surface area contributed by atoms with Crippen molar-refractivity contribution in [1.29, 1.82) is 0 Å². The van der Waals surface area contributed by atoms with Crippen LogP contribution in [0, 0.1) is 11.8 Å². The van der Waals surface area contributed by atoms with E-state index in [9.17, 15) is 14.4 Å². The number of methoxy groups -OCH3 is 2. The van der Waals surface area contributed by atoms with Crippen molar-refractivity contribution in [2.75, 3.05) is 27.3 Å². The smallest absolute Gasteiger partial charge is 0.407 e. The van der Waals surface area contributed by atoms with Crippen LogP contribution in [0.15, 0.2) is 0 Å². The molecule has 7 nitrogen and oxygen atoms in total. The van der Waals surface area contributed by atoms with Gasteiger partial charge in [0, 0.05) is 13.1 Å². The fourth-order valence-corrected chi connectivity index (χ4v) is 1.95. The van der Waals surface area contributed by atoms with Crippen LogP contribution in [0.2, 0.25) is 0 Å². The number of likely N-dealkylation sites (tertiary alicyclic amines) is 1. The van der Waals surface area contributed by atoms with Crippen LogP contribution in [0.1, 0.15) is 6.42 Å². The highest BCUT2D eigenvalue weighted by Crippen LogP contribution is 2.26. The first-order valence-electron chi connectivity index (χ1n) is 5.14. The zero-order valence-corrected chi connectivity index (χ0v) is 9.71. The summed E-state index contributed by atoms with van der Waals surface area (Å²) >= 11 is 0. The Bertz CT molecular complexity index is 329. The predicted octanol–water partition coefficient (Wildman–Crippen LogP) is -0.0515. The molecule has 17 heavy (non-hydrogen) atoms. The van der Waals surface area contributed by atoms with Crippen LogP contribution < -0.4 is 0 Å². The maximum atomic E-state index is 11.5. The summed E-state index contributed by atoms with van der Waals surface area (Å²) in [6, 6.07) is 0. The SMILES string of the molecule is COC(=O)C1CCN(C(=O)O)CC1C(=O)OC. The molecular weight excluding hydrogens is 230 g/mol. The Kier molecular flexibility index (Phi) is 4.30. The first-order chi connectivity index (χ1) is 8.01. The molecule has 1 fully saturated rings. The first kappa shape index (κ1) is 13.3. The van der Waals surface area contributed by atoms with E-state index < -0.39 is 29.9 Å². The number of nitrogens with zero attached hydrogens (tertiary/aromatic N) is 1. The minimum absolute atomic E-state index is 0.0399. The van der Waals surface area contributed by atoms with E-state index in [1.807, 2.05) is 0 Å². The van der Waals surface area contributed by atoms with E-state index in [-0.39, 0.29) is 19.5 Å². The molecule has 1 N–H and O–H groups in total. The molecule has 0 spiro atoms. The van der Waals surface area contributed by atoms with Gasteiger partial charge in [-0.3, -0.25) is 9.59 Å². The molecule has 0 radical (unpaired) electrons. The van der Waals surface area contributed by atoms with Crippen molar-refractivity contribution in [2.45, 2.75) is 6.42 Å². The van der Waals surface area contributed by atoms with Gasteiger partial charge in [-0.2, -0.15) is 0 Å². The number of hydrogen-bond donors (Lipinski definition) is 1. The summed E-state index contributed by atoms with van der Waals surface area (Å²) in [5.41, 5.74) is 0. The summed E-state index contributed by atoms with van der Waals surface area (Å²) in [6.45, 7) is 0.171. The largest absolute Gasteiger partial charge is 0.469 e. The zero-order valence-electron chi connectivity index (χ0n) is 9.71. The molecule has 1 amide bonds. The monoisotopic (exact) mass is 245 g/mol. The van der Waals surface area contributed by atoms with Gasteiger partial charge in [-0.1, -0.05) is 0 Å². The highest BCUT2D eigenvalue weighted by Gasteiger charge is 2.41. The molecule has 0 saturated carbocycles. The first-order valence-corrected chi connectivity index (χ1v) is 5.14. The molecule has 7 heteroatoms. The Morgan fingerprint density at radius 3 is 2.12 bits per heavy atom. The van der Waals surface area contributed by atoms with E-state index in [1.165, 1.54) is 14.2 Å². The van der Waals surface area contributed by atoms with Crippen molar-refractivity contribution in [3.63, 3.8) is 0 Å². The maximum Gasteiger partial charge on any atom is 0.407 e. The predicted molar refractivity (Wildman–Crippen MR) is 55.2 cm³/mol. The average molecular weight is 245 g/mol. The maximum absolute atomic E-state index is 11.5. The van der Waals surface area contributed by atoms with Gasteiger partial charge in [-0.25, -0.2) is 4.79 Å². The lowest BCUT2D eigenvalue weighted by atomic mass is 9.85. The molecule has 1 aliphatic heterocycles. The molecule has 2 atom stereocenters. The molecule has 96 valence electrons. The number of piperidine rings is 1. The van der Waals surface area contributed by atoms with Gasteiger partial charge in [-0.15, -0.1) is 0 Å². The summed E-state index contributed by atoms with van der Waals surface area (Å²) in [6.07, 6.45) is -0.846. The van der Waals surface area contributed by atoms with Crippen LogP contribution in [0.25, 0.3) is 0 Å². The van der Waals surface area contributed by atoms with E-state index in [2.05, 4.69) is 9.47 Å². The van der Waals surface area contributed by atoms with Gasteiger partial charge in [-0.05, 0) is 6.42 Å². The van der Waals surface area contributed by atoms with Crippen molar-refractivity contribution >= 4 is 18.0 Å². The lowest BCUT2D eigenvalue weighted by molar-refractivity contribution is -0.160. The third-order valence-corrected chi connectivity index (χ3v) is 2.89. The Labute approximate surface area is 98.3 Å². The quantitative estimate of drug-likeness (QED) is 0.685.